The van der Waals surface area contributed by atoms with E-state index in [-0.39, 0.29) is 12.4 Å². The number of hydrogen-bond acceptors (Lipinski definition) is 1. The molecule has 0 amide bonds. The Kier molecular flexibility index (Phi) is 3.58. The van der Waals surface area contributed by atoms with Gasteiger partial charge in [-0.2, -0.15) is 0 Å². The second-order valence-corrected chi connectivity index (χ2v) is 4.82. The molecule has 0 spiro atoms. The molecule has 3 rings (SSSR count). The Morgan fingerprint density at radius 2 is 1.89 bits per heavy atom. The van der Waals surface area contributed by atoms with Gasteiger partial charge in [0, 0.05) is 23.2 Å². The topological polar surface area (TPSA) is 39.6 Å². The molecule has 1 aromatic carbocycles. The first kappa shape index (κ1) is 12.9. The summed E-state index contributed by atoms with van der Waals surface area (Å²) in [6.07, 6.45) is 3.90. The number of nitrogens with one attached hydrogen (secondary N) is 2. The first-order valence-corrected chi connectivity index (χ1v) is 6.05. The van der Waals surface area contributed by atoms with Gasteiger partial charge in [-0.1, -0.05) is 30.3 Å². The SMILES string of the molecule is Cc1c[nH]c2c1C(=N)CC(c1ccccc1)C2.Cl. The summed E-state index contributed by atoms with van der Waals surface area (Å²) in [5.41, 5.74) is 5.70. The predicted molar refractivity (Wildman–Crippen MR) is 77.1 cm³/mol. The van der Waals surface area contributed by atoms with Gasteiger partial charge in [0.1, 0.15) is 0 Å². The summed E-state index contributed by atoms with van der Waals surface area (Å²) in [5, 5.41) is 8.19. The maximum Gasteiger partial charge on any atom is 0.0413 e. The van der Waals surface area contributed by atoms with Crippen molar-refractivity contribution < 1.29 is 0 Å². The number of fused-ring (bicyclic) bond motifs is 1. The monoisotopic (exact) mass is 260 g/mol. The van der Waals surface area contributed by atoms with Crippen LogP contribution in [0.15, 0.2) is 36.5 Å². The lowest BCUT2D eigenvalue weighted by Gasteiger charge is -2.23. The van der Waals surface area contributed by atoms with Crippen LogP contribution in [0.5, 0.6) is 0 Å². The third-order valence-corrected chi connectivity index (χ3v) is 3.63. The lowest BCUT2D eigenvalue weighted by Crippen LogP contribution is -2.18. The fourth-order valence-corrected chi connectivity index (χ4v) is 2.79. The number of rotatable bonds is 1. The van der Waals surface area contributed by atoms with Crippen molar-refractivity contribution in [2.24, 2.45) is 0 Å². The Morgan fingerprint density at radius 1 is 1.17 bits per heavy atom. The number of aryl methyl sites for hydroxylation is 1. The predicted octanol–water partition coefficient (Wildman–Crippen LogP) is 3.84. The minimum Gasteiger partial charge on any atom is -0.364 e. The number of halogens is 1. The summed E-state index contributed by atoms with van der Waals surface area (Å²) < 4.78 is 0. The smallest absolute Gasteiger partial charge is 0.0413 e. The number of aromatic nitrogens is 1. The van der Waals surface area contributed by atoms with E-state index in [1.165, 1.54) is 16.8 Å². The molecular weight excluding hydrogens is 244 g/mol. The number of benzene rings is 1. The lowest BCUT2D eigenvalue weighted by atomic mass is 9.81. The highest BCUT2D eigenvalue weighted by atomic mass is 35.5. The van der Waals surface area contributed by atoms with Crippen LogP contribution in [0.3, 0.4) is 0 Å². The summed E-state index contributed by atoms with van der Waals surface area (Å²) in [5.74, 6) is 0.453. The number of hydrogen-bond donors (Lipinski definition) is 2. The van der Waals surface area contributed by atoms with Crippen molar-refractivity contribution >= 4 is 18.1 Å². The Morgan fingerprint density at radius 3 is 2.61 bits per heavy atom. The Labute approximate surface area is 113 Å². The second-order valence-electron chi connectivity index (χ2n) is 4.82. The van der Waals surface area contributed by atoms with Crippen molar-refractivity contribution in [1.29, 1.82) is 5.41 Å². The number of H-pyrrole nitrogens is 1. The van der Waals surface area contributed by atoms with E-state index in [4.69, 9.17) is 5.41 Å². The molecule has 0 fully saturated rings. The van der Waals surface area contributed by atoms with Gasteiger partial charge in [-0.15, -0.1) is 12.4 Å². The van der Waals surface area contributed by atoms with E-state index in [1.54, 1.807) is 0 Å². The van der Waals surface area contributed by atoms with Crippen molar-refractivity contribution in [2.45, 2.75) is 25.7 Å². The van der Waals surface area contributed by atoms with Gasteiger partial charge in [0.15, 0.2) is 0 Å². The van der Waals surface area contributed by atoms with Crippen molar-refractivity contribution in [2.75, 3.05) is 0 Å². The zero-order valence-electron chi connectivity index (χ0n) is 10.4. The highest BCUT2D eigenvalue weighted by molar-refractivity contribution is 6.02. The molecule has 1 atom stereocenters. The maximum absolute atomic E-state index is 8.19. The maximum atomic E-state index is 8.19. The van der Waals surface area contributed by atoms with E-state index in [2.05, 4.69) is 36.2 Å². The van der Waals surface area contributed by atoms with Gasteiger partial charge in [0.05, 0.1) is 0 Å². The average molecular weight is 261 g/mol. The van der Waals surface area contributed by atoms with E-state index in [1.807, 2.05) is 12.3 Å². The van der Waals surface area contributed by atoms with Crippen LogP contribution in [0.2, 0.25) is 0 Å². The quantitative estimate of drug-likeness (QED) is 0.782. The molecule has 94 valence electrons. The summed E-state index contributed by atoms with van der Waals surface area (Å²) in [6, 6.07) is 10.5. The fourth-order valence-electron chi connectivity index (χ4n) is 2.79. The molecule has 0 saturated carbocycles. The van der Waals surface area contributed by atoms with E-state index >= 15 is 0 Å². The Balaban J connectivity index is 0.00000120. The molecule has 18 heavy (non-hydrogen) atoms. The van der Waals surface area contributed by atoms with Crippen molar-refractivity contribution in [3.8, 4) is 0 Å². The largest absolute Gasteiger partial charge is 0.364 e. The third-order valence-electron chi connectivity index (χ3n) is 3.63. The molecule has 0 aliphatic heterocycles. The third kappa shape index (κ3) is 2.08. The second kappa shape index (κ2) is 4.99. The van der Waals surface area contributed by atoms with Crippen molar-refractivity contribution in [3.63, 3.8) is 0 Å². The summed E-state index contributed by atoms with van der Waals surface area (Å²) in [7, 11) is 0. The first-order chi connectivity index (χ1) is 8.25. The van der Waals surface area contributed by atoms with Gasteiger partial charge in [0.25, 0.3) is 0 Å². The molecular formula is C15H17ClN2. The van der Waals surface area contributed by atoms with Gasteiger partial charge in [-0.25, -0.2) is 0 Å². The molecule has 2 aromatic rings. The summed E-state index contributed by atoms with van der Waals surface area (Å²) in [4.78, 5) is 3.32. The van der Waals surface area contributed by atoms with Crippen molar-refractivity contribution in [1.82, 2.24) is 4.98 Å². The standard InChI is InChI=1S/C15H16N2.ClH/c1-10-9-17-14-8-12(7-13(16)15(10)14)11-5-3-2-4-6-11;/h2-6,9,12,16-17H,7-8H2,1H3;1H. The first-order valence-electron chi connectivity index (χ1n) is 6.05. The molecule has 0 saturated heterocycles. The van der Waals surface area contributed by atoms with Gasteiger partial charge in [-0.05, 0) is 36.8 Å². The molecule has 1 aliphatic rings. The number of aromatic amines is 1. The van der Waals surface area contributed by atoms with Crippen LogP contribution in [-0.2, 0) is 6.42 Å². The van der Waals surface area contributed by atoms with Crippen LogP contribution in [0.25, 0.3) is 0 Å². The van der Waals surface area contributed by atoms with E-state index < -0.39 is 0 Å². The molecule has 2 nitrogen and oxygen atoms in total. The van der Waals surface area contributed by atoms with Crippen LogP contribution < -0.4 is 0 Å². The zero-order chi connectivity index (χ0) is 11.8. The van der Waals surface area contributed by atoms with E-state index in [9.17, 15) is 0 Å². The van der Waals surface area contributed by atoms with E-state index in [0.29, 0.717) is 5.92 Å². The van der Waals surface area contributed by atoms with Crippen LogP contribution >= 0.6 is 12.4 Å². The minimum absolute atomic E-state index is 0. The summed E-state index contributed by atoms with van der Waals surface area (Å²) >= 11 is 0. The van der Waals surface area contributed by atoms with Crippen LogP contribution in [0.4, 0.5) is 0 Å². The molecule has 1 heterocycles. The molecule has 0 radical (unpaired) electrons. The highest BCUT2D eigenvalue weighted by Gasteiger charge is 2.25. The average Bonchev–Trinajstić information content (AvgIpc) is 2.73. The van der Waals surface area contributed by atoms with Gasteiger partial charge in [-0.3, -0.25) is 0 Å². The van der Waals surface area contributed by atoms with Crippen molar-refractivity contribution in [3.05, 3.63) is 58.9 Å². The Hall–Kier alpha value is -1.54. The lowest BCUT2D eigenvalue weighted by molar-refractivity contribution is 0.683. The van der Waals surface area contributed by atoms with Crippen LogP contribution in [-0.4, -0.2) is 10.7 Å². The van der Waals surface area contributed by atoms with Crippen LogP contribution in [0.1, 0.15) is 34.7 Å². The minimum atomic E-state index is 0. The molecule has 1 unspecified atom stereocenters. The highest BCUT2D eigenvalue weighted by Crippen LogP contribution is 2.33. The summed E-state index contributed by atoms with van der Waals surface area (Å²) in [6.45, 7) is 2.08. The van der Waals surface area contributed by atoms with Gasteiger partial charge < -0.3 is 10.4 Å². The normalized spacial score (nSPS) is 18.1. The molecule has 0 bridgehead atoms. The zero-order valence-corrected chi connectivity index (χ0v) is 11.2. The Bertz CT molecular complexity index is 557. The molecule has 1 aliphatic carbocycles. The molecule has 1 aromatic heterocycles. The van der Waals surface area contributed by atoms with Crippen LogP contribution in [0, 0.1) is 12.3 Å². The fraction of sp³-hybridized carbons (Fsp3) is 0.267. The molecule has 3 heteroatoms. The van der Waals surface area contributed by atoms with Gasteiger partial charge >= 0.3 is 0 Å². The van der Waals surface area contributed by atoms with Gasteiger partial charge in [0.2, 0.25) is 0 Å². The molecule has 2 N–H and O–H groups in total. The van der Waals surface area contributed by atoms with E-state index in [0.717, 1.165) is 24.1 Å².